The van der Waals surface area contributed by atoms with E-state index in [0.29, 0.717) is 12.5 Å². The van der Waals surface area contributed by atoms with Crippen LogP contribution in [-0.4, -0.2) is 35.9 Å². The van der Waals surface area contributed by atoms with Gasteiger partial charge < -0.3 is 9.88 Å². The number of aromatic nitrogens is 6. The van der Waals surface area contributed by atoms with Crippen LogP contribution in [0.5, 0.6) is 0 Å². The van der Waals surface area contributed by atoms with Crippen molar-refractivity contribution in [3.05, 3.63) is 36.0 Å². The summed E-state index contributed by atoms with van der Waals surface area (Å²) in [7, 11) is 0. The Bertz CT molecular complexity index is 791. The molecule has 120 valence electrons. The lowest BCUT2D eigenvalue weighted by Gasteiger charge is -2.10. The fraction of sp³-hybridized carbons (Fsp3) is 0.400. The molecule has 0 saturated carbocycles. The maximum atomic E-state index is 12.0. The van der Waals surface area contributed by atoms with Crippen molar-refractivity contribution in [3.63, 3.8) is 0 Å². The van der Waals surface area contributed by atoms with Gasteiger partial charge in [0.25, 0.3) is 5.91 Å². The Hall–Kier alpha value is -2.77. The lowest BCUT2D eigenvalue weighted by Crippen LogP contribution is -2.25. The molecule has 0 aromatic carbocycles. The normalized spacial score (nSPS) is 11.3. The first-order chi connectivity index (χ1) is 11.1. The van der Waals surface area contributed by atoms with E-state index in [0.717, 1.165) is 30.0 Å². The molecular formula is C15H19N7O. The number of rotatable bonds is 6. The number of imidazole rings is 1. The summed E-state index contributed by atoms with van der Waals surface area (Å²) in [5.74, 6) is 1.08. The highest BCUT2D eigenvalue weighted by Gasteiger charge is 2.14. The lowest BCUT2D eigenvalue weighted by molar-refractivity contribution is 0.0944. The van der Waals surface area contributed by atoms with Gasteiger partial charge in [0.15, 0.2) is 11.3 Å². The Morgan fingerprint density at radius 3 is 3.04 bits per heavy atom. The van der Waals surface area contributed by atoms with Crippen LogP contribution in [0.4, 0.5) is 0 Å². The molecule has 8 nitrogen and oxygen atoms in total. The van der Waals surface area contributed by atoms with Crippen LogP contribution in [0.3, 0.4) is 0 Å². The fourth-order valence-corrected chi connectivity index (χ4v) is 2.32. The van der Waals surface area contributed by atoms with Gasteiger partial charge in [0.1, 0.15) is 11.3 Å². The molecular weight excluding hydrogens is 294 g/mol. The van der Waals surface area contributed by atoms with Gasteiger partial charge in [0.2, 0.25) is 0 Å². The Morgan fingerprint density at radius 1 is 1.43 bits per heavy atom. The molecule has 2 N–H and O–H groups in total. The zero-order chi connectivity index (χ0) is 16.2. The molecule has 0 aliphatic rings. The molecule has 8 heteroatoms. The number of pyridine rings is 1. The van der Waals surface area contributed by atoms with E-state index in [1.54, 1.807) is 6.20 Å². The lowest BCUT2D eigenvalue weighted by atomic mass is 10.1. The molecule has 3 rings (SSSR count). The standard InChI is InChI=1S/C15H19N7O/c1-10(2)5-7-22-13(19-11-4-3-6-16-14(11)22)9-17-15(23)12-8-18-21-20-12/h3-4,6,8,10H,5,7,9H2,1-2H3,(H,17,23)(H,18,20,21). The first-order valence-corrected chi connectivity index (χ1v) is 7.59. The van der Waals surface area contributed by atoms with E-state index in [9.17, 15) is 4.79 Å². The molecule has 0 atom stereocenters. The largest absolute Gasteiger partial charge is 0.343 e. The van der Waals surface area contributed by atoms with Crippen LogP contribution in [-0.2, 0) is 13.1 Å². The number of aromatic amines is 1. The van der Waals surface area contributed by atoms with Crippen LogP contribution < -0.4 is 5.32 Å². The summed E-state index contributed by atoms with van der Waals surface area (Å²) >= 11 is 0. The second kappa shape index (κ2) is 6.55. The molecule has 0 aliphatic carbocycles. The Balaban J connectivity index is 1.81. The number of hydrogen-bond donors (Lipinski definition) is 2. The minimum absolute atomic E-state index is 0.257. The predicted octanol–water partition coefficient (Wildman–Crippen LogP) is 1.53. The minimum atomic E-state index is -0.283. The van der Waals surface area contributed by atoms with E-state index < -0.39 is 0 Å². The van der Waals surface area contributed by atoms with Crippen molar-refractivity contribution in [2.45, 2.75) is 33.4 Å². The maximum Gasteiger partial charge on any atom is 0.273 e. The van der Waals surface area contributed by atoms with Crippen LogP contribution in [0.2, 0.25) is 0 Å². The molecule has 0 spiro atoms. The molecule has 0 saturated heterocycles. The predicted molar refractivity (Wildman–Crippen MR) is 84.5 cm³/mol. The first-order valence-electron chi connectivity index (χ1n) is 7.59. The molecule has 0 radical (unpaired) electrons. The third kappa shape index (κ3) is 3.36. The third-order valence-electron chi connectivity index (χ3n) is 3.57. The van der Waals surface area contributed by atoms with E-state index in [1.807, 2.05) is 12.1 Å². The molecule has 3 aromatic heterocycles. The SMILES string of the molecule is CC(C)CCn1c(CNC(=O)c2cn[nH]n2)nc2cccnc21. The molecule has 3 heterocycles. The van der Waals surface area contributed by atoms with Gasteiger partial charge in [-0.2, -0.15) is 15.4 Å². The van der Waals surface area contributed by atoms with E-state index in [1.165, 1.54) is 6.20 Å². The number of H-pyrrole nitrogens is 1. The number of hydrogen-bond acceptors (Lipinski definition) is 5. The van der Waals surface area contributed by atoms with Gasteiger partial charge in [-0.1, -0.05) is 13.8 Å². The van der Waals surface area contributed by atoms with Crippen molar-refractivity contribution >= 4 is 17.1 Å². The number of nitrogens with zero attached hydrogens (tertiary/aromatic N) is 5. The summed E-state index contributed by atoms with van der Waals surface area (Å²) in [6.45, 7) is 5.50. The fourth-order valence-electron chi connectivity index (χ4n) is 2.32. The van der Waals surface area contributed by atoms with Crippen molar-refractivity contribution in [2.24, 2.45) is 5.92 Å². The summed E-state index contributed by atoms with van der Waals surface area (Å²) in [6.07, 6.45) is 4.17. The molecule has 0 unspecified atom stereocenters. The molecule has 0 fully saturated rings. The molecule has 0 bridgehead atoms. The van der Waals surface area contributed by atoms with Gasteiger partial charge >= 0.3 is 0 Å². The smallest absolute Gasteiger partial charge is 0.273 e. The average molecular weight is 313 g/mol. The van der Waals surface area contributed by atoms with E-state index in [-0.39, 0.29) is 11.6 Å². The number of aryl methyl sites for hydroxylation is 1. The van der Waals surface area contributed by atoms with Gasteiger partial charge in [-0.15, -0.1) is 0 Å². The highest BCUT2D eigenvalue weighted by Crippen LogP contribution is 2.15. The number of nitrogens with one attached hydrogen (secondary N) is 2. The van der Waals surface area contributed by atoms with Gasteiger partial charge in [-0.25, -0.2) is 9.97 Å². The molecule has 23 heavy (non-hydrogen) atoms. The van der Waals surface area contributed by atoms with Crippen LogP contribution in [0.15, 0.2) is 24.5 Å². The Kier molecular flexibility index (Phi) is 4.31. The van der Waals surface area contributed by atoms with Crippen LogP contribution in [0.1, 0.15) is 36.6 Å². The van der Waals surface area contributed by atoms with Crippen molar-refractivity contribution < 1.29 is 4.79 Å². The van der Waals surface area contributed by atoms with Gasteiger partial charge in [-0.3, -0.25) is 4.79 Å². The minimum Gasteiger partial charge on any atom is -0.343 e. The number of carbonyl (C=O) groups is 1. The van der Waals surface area contributed by atoms with Crippen molar-refractivity contribution in [3.8, 4) is 0 Å². The highest BCUT2D eigenvalue weighted by atomic mass is 16.2. The zero-order valence-corrected chi connectivity index (χ0v) is 13.2. The van der Waals surface area contributed by atoms with Crippen LogP contribution in [0.25, 0.3) is 11.2 Å². The maximum absolute atomic E-state index is 12.0. The van der Waals surface area contributed by atoms with Crippen molar-refractivity contribution in [2.75, 3.05) is 0 Å². The summed E-state index contributed by atoms with van der Waals surface area (Å²) in [6, 6.07) is 3.79. The van der Waals surface area contributed by atoms with Gasteiger partial charge in [-0.05, 0) is 24.5 Å². The second-order valence-electron chi connectivity index (χ2n) is 5.75. The second-order valence-corrected chi connectivity index (χ2v) is 5.75. The number of amides is 1. The summed E-state index contributed by atoms with van der Waals surface area (Å²) in [4.78, 5) is 21.0. The van der Waals surface area contributed by atoms with E-state index >= 15 is 0 Å². The highest BCUT2D eigenvalue weighted by molar-refractivity contribution is 5.91. The number of fused-ring (bicyclic) bond motifs is 1. The summed E-state index contributed by atoms with van der Waals surface area (Å²) < 4.78 is 2.07. The van der Waals surface area contributed by atoms with E-state index in [2.05, 4.69) is 49.1 Å². The Morgan fingerprint density at radius 2 is 2.30 bits per heavy atom. The molecule has 0 aliphatic heterocycles. The quantitative estimate of drug-likeness (QED) is 0.718. The molecule has 1 amide bonds. The Labute approximate surface area is 133 Å². The summed E-state index contributed by atoms with van der Waals surface area (Å²) in [5, 5.41) is 12.6. The van der Waals surface area contributed by atoms with Crippen molar-refractivity contribution in [1.29, 1.82) is 0 Å². The van der Waals surface area contributed by atoms with Crippen molar-refractivity contribution in [1.82, 2.24) is 35.3 Å². The molecule has 3 aromatic rings. The van der Waals surface area contributed by atoms with Gasteiger partial charge in [0.05, 0.1) is 12.7 Å². The number of carbonyl (C=O) groups excluding carboxylic acids is 1. The summed E-state index contributed by atoms with van der Waals surface area (Å²) in [5.41, 5.74) is 1.94. The van der Waals surface area contributed by atoms with Crippen LogP contribution in [0, 0.1) is 5.92 Å². The van der Waals surface area contributed by atoms with E-state index in [4.69, 9.17) is 0 Å². The average Bonchev–Trinajstić information content (AvgIpc) is 3.18. The van der Waals surface area contributed by atoms with Gasteiger partial charge in [0, 0.05) is 12.7 Å². The van der Waals surface area contributed by atoms with Crippen LogP contribution >= 0.6 is 0 Å². The third-order valence-corrected chi connectivity index (χ3v) is 3.57. The first kappa shape index (κ1) is 15.1. The zero-order valence-electron chi connectivity index (χ0n) is 13.2. The monoisotopic (exact) mass is 313 g/mol. The topological polar surface area (TPSA) is 101 Å².